The number of ether oxygens (including phenoxy) is 1. The summed E-state index contributed by atoms with van der Waals surface area (Å²) >= 11 is 0. The normalized spacial score (nSPS) is 19.9. The van der Waals surface area contributed by atoms with Gasteiger partial charge in [0.2, 0.25) is 0 Å². The van der Waals surface area contributed by atoms with Crippen LogP contribution in [-0.2, 0) is 9.53 Å². The van der Waals surface area contributed by atoms with E-state index in [4.69, 9.17) is 0 Å². The third-order valence-corrected chi connectivity index (χ3v) is 1.90. The predicted octanol–water partition coefficient (Wildman–Crippen LogP) is 1.47. The number of amides is 1. The minimum absolute atomic E-state index is 0.131. The fourth-order valence-electron chi connectivity index (χ4n) is 1.13. The molecule has 4 nitrogen and oxygen atoms in total. The van der Waals surface area contributed by atoms with Gasteiger partial charge >= 0.3 is 6.09 Å². The second-order valence-electron chi connectivity index (χ2n) is 2.73. The molecule has 1 rings (SSSR count). The van der Waals surface area contributed by atoms with E-state index in [1.807, 2.05) is 0 Å². The monoisotopic (exact) mass is 193 g/mol. The molecular weight excluding hydrogens is 182 g/mol. The van der Waals surface area contributed by atoms with Gasteiger partial charge in [-0.2, -0.15) is 0 Å². The van der Waals surface area contributed by atoms with Crippen molar-refractivity contribution in [2.75, 3.05) is 7.11 Å². The topological polar surface area (TPSA) is 46.6 Å². The van der Waals surface area contributed by atoms with E-state index in [1.54, 1.807) is 18.4 Å². The summed E-state index contributed by atoms with van der Waals surface area (Å²) in [6.07, 6.45) is 6.49. The quantitative estimate of drug-likeness (QED) is 0.492. The largest absolute Gasteiger partial charge is 0.452 e. The number of hydrogen-bond donors (Lipinski definition) is 0. The lowest BCUT2D eigenvalue weighted by Gasteiger charge is -2.19. The maximum absolute atomic E-state index is 11.1. The van der Waals surface area contributed by atoms with Crippen molar-refractivity contribution in [2.45, 2.75) is 0 Å². The van der Waals surface area contributed by atoms with Crippen molar-refractivity contribution in [3.63, 3.8) is 0 Å². The van der Waals surface area contributed by atoms with Crippen LogP contribution < -0.4 is 0 Å². The molecule has 0 spiro atoms. The first-order chi connectivity index (χ1) is 6.72. The van der Waals surface area contributed by atoms with Crippen LogP contribution in [0.5, 0.6) is 0 Å². The Balaban J connectivity index is 2.88. The van der Waals surface area contributed by atoms with Gasteiger partial charge in [-0.15, -0.1) is 6.58 Å². The molecule has 0 bridgehead atoms. The molecule has 1 heterocycles. The molecule has 0 saturated carbocycles. The molecule has 0 aromatic heterocycles. The van der Waals surface area contributed by atoms with Crippen molar-refractivity contribution < 1.29 is 14.3 Å². The second-order valence-corrected chi connectivity index (χ2v) is 2.73. The van der Waals surface area contributed by atoms with Crippen molar-refractivity contribution in [3.8, 4) is 0 Å². The molecule has 0 fully saturated rings. The Morgan fingerprint density at radius 2 is 2.43 bits per heavy atom. The van der Waals surface area contributed by atoms with Crippen LogP contribution >= 0.6 is 0 Å². The van der Waals surface area contributed by atoms with E-state index >= 15 is 0 Å². The SMILES string of the molecule is C=C[C@@H]1C=CN(C(=O)OC)C=C1C=O. The second kappa shape index (κ2) is 4.41. The molecule has 0 saturated heterocycles. The number of aldehydes is 1. The Morgan fingerprint density at radius 3 is 2.93 bits per heavy atom. The number of allylic oxidation sites excluding steroid dienone is 3. The predicted molar refractivity (Wildman–Crippen MR) is 51.2 cm³/mol. The van der Waals surface area contributed by atoms with E-state index in [0.717, 1.165) is 0 Å². The Kier molecular flexibility index (Phi) is 3.23. The maximum Gasteiger partial charge on any atom is 0.417 e. The maximum atomic E-state index is 11.1. The lowest BCUT2D eigenvalue weighted by Crippen LogP contribution is -2.24. The molecule has 1 amide bonds. The van der Waals surface area contributed by atoms with Crippen LogP contribution in [0.2, 0.25) is 0 Å². The summed E-state index contributed by atoms with van der Waals surface area (Å²) in [6.45, 7) is 3.59. The van der Waals surface area contributed by atoms with Gasteiger partial charge in [-0.05, 0) is 0 Å². The van der Waals surface area contributed by atoms with Gasteiger partial charge in [-0.1, -0.05) is 12.2 Å². The van der Waals surface area contributed by atoms with Crippen LogP contribution in [0.3, 0.4) is 0 Å². The summed E-state index contributed by atoms with van der Waals surface area (Å²) in [5, 5.41) is 0. The highest BCUT2D eigenvalue weighted by Gasteiger charge is 2.17. The molecule has 14 heavy (non-hydrogen) atoms. The fraction of sp³-hybridized carbons (Fsp3) is 0.200. The third kappa shape index (κ3) is 1.90. The van der Waals surface area contributed by atoms with Crippen LogP contribution in [0.4, 0.5) is 4.79 Å². The molecule has 1 aliphatic heterocycles. The van der Waals surface area contributed by atoms with Gasteiger partial charge in [0.1, 0.15) is 6.29 Å². The standard InChI is InChI=1S/C10H11NO3/c1-3-8-4-5-11(10(13)14-2)6-9(8)7-12/h3-8H,1H2,2H3/t8-/m1/s1. The fourth-order valence-corrected chi connectivity index (χ4v) is 1.13. The summed E-state index contributed by atoms with van der Waals surface area (Å²) in [5.74, 6) is -0.131. The Morgan fingerprint density at radius 1 is 1.71 bits per heavy atom. The lowest BCUT2D eigenvalue weighted by molar-refractivity contribution is -0.105. The number of rotatable bonds is 2. The van der Waals surface area contributed by atoms with Crippen LogP contribution in [0, 0.1) is 5.92 Å². The Hall–Kier alpha value is -1.84. The first-order valence-electron chi connectivity index (χ1n) is 4.07. The van der Waals surface area contributed by atoms with Gasteiger partial charge in [0.25, 0.3) is 0 Å². The highest BCUT2D eigenvalue weighted by Crippen LogP contribution is 2.18. The van der Waals surface area contributed by atoms with Crippen LogP contribution in [0.25, 0.3) is 0 Å². The Labute approximate surface area is 82.1 Å². The minimum atomic E-state index is -0.525. The zero-order chi connectivity index (χ0) is 10.6. The molecule has 0 N–H and O–H groups in total. The number of methoxy groups -OCH3 is 1. The molecule has 0 aromatic carbocycles. The zero-order valence-electron chi connectivity index (χ0n) is 7.84. The highest BCUT2D eigenvalue weighted by atomic mass is 16.5. The van der Waals surface area contributed by atoms with Gasteiger partial charge in [-0.25, -0.2) is 4.79 Å². The first-order valence-corrected chi connectivity index (χ1v) is 4.07. The van der Waals surface area contributed by atoms with E-state index in [1.165, 1.54) is 18.2 Å². The van der Waals surface area contributed by atoms with Gasteiger partial charge in [0.15, 0.2) is 0 Å². The van der Waals surface area contributed by atoms with E-state index < -0.39 is 6.09 Å². The van der Waals surface area contributed by atoms with E-state index in [2.05, 4.69) is 11.3 Å². The number of nitrogens with zero attached hydrogens (tertiary/aromatic N) is 1. The van der Waals surface area contributed by atoms with Crippen molar-refractivity contribution >= 4 is 12.4 Å². The summed E-state index contributed by atoms with van der Waals surface area (Å²) in [5.41, 5.74) is 0.480. The highest BCUT2D eigenvalue weighted by molar-refractivity contribution is 5.79. The summed E-state index contributed by atoms with van der Waals surface area (Å²) < 4.78 is 4.50. The van der Waals surface area contributed by atoms with Crippen LogP contribution in [-0.4, -0.2) is 24.4 Å². The number of carbonyl (C=O) groups is 2. The molecule has 0 radical (unpaired) electrons. The van der Waals surface area contributed by atoms with Crippen molar-refractivity contribution in [1.82, 2.24) is 4.90 Å². The molecule has 1 aliphatic rings. The smallest absolute Gasteiger partial charge is 0.417 e. The molecule has 74 valence electrons. The summed E-state index contributed by atoms with van der Waals surface area (Å²) in [7, 11) is 1.28. The number of hydrogen-bond acceptors (Lipinski definition) is 3. The minimum Gasteiger partial charge on any atom is -0.452 e. The Bertz CT molecular complexity index is 317. The third-order valence-electron chi connectivity index (χ3n) is 1.90. The van der Waals surface area contributed by atoms with Gasteiger partial charge in [0.05, 0.1) is 7.11 Å². The van der Waals surface area contributed by atoms with Crippen molar-refractivity contribution in [3.05, 3.63) is 36.7 Å². The summed E-state index contributed by atoms with van der Waals surface area (Å²) in [4.78, 5) is 23.0. The average molecular weight is 193 g/mol. The first kappa shape index (κ1) is 10.2. The van der Waals surface area contributed by atoms with Crippen molar-refractivity contribution in [2.24, 2.45) is 5.92 Å². The lowest BCUT2D eigenvalue weighted by atomic mass is 9.99. The number of carbonyl (C=O) groups excluding carboxylic acids is 2. The van der Waals surface area contributed by atoms with Gasteiger partial charge in [-0.3, -0.25) is 9.69 Å². The molecule has 1 atom stereocenters. The molecule has 0 unspecified atom stereocenters. The van der Waals surface area contributed by atoms with E-state index in [9.17, 15) is 9.59 Å². The molecular formula is C10H11NO3. The molecule has 0 aromatic rings. The van der Waals surface area contributed by atoms with Gasteiger partial charge in [0, 0.05) is 23.9 Å². The van der Waals surface area contributed by atoms with E-state index in [0.29, 0.717) is 11.9 Å². The van der Waals surface area contributed by atoms with Gasteiger partial charge < -0.3 is 4.74 Å². The van der Waals surface area contributed by atoms with Crippen LogP contribution in [0.1, 0.15) is 0 Å². The molecule has 4 heteroatoms. The average Bonchev–Trinajstić information content (AvgIpc) is 2.26. The van der Waals surface area contributed by atoms with E-state index in [-0.39, 0.29) is 5.92 Å². The van der Waals surface area contributed by atoms with Crippen LogP contribution in [0.15, 0.2) is 36.7 Å². The summed E-state index contributed by atoms with van der Waals surface area (Å²) in [6, 6.07) is 0. The van der Waals surface area contributed by atoms with Crippen molar-refractivity contribution in [1.29, 1.82) is 0 Å². The molecule has 0 aliphatic carbocycles. The zero-order valence-corrected chi connectivity index (χ0v) is 7.84.